The van der Waals surface area contributed by atoms with Crippen LogP contribution in [0.25, 0.3) is 0 Å². The maximum Gasteiger partial charge on any atom is 0.154 e. The predicted octanol–water partition coefficient (Wildman–Crippen LogP) is 2.81. The molecule has 0 spiro atoms. The summed E-state index contributed by atoms with van der Waals surface area (Å²) < 4.78 is 0.638. The fourth-order valence-corrected chi connectivity index (χ4v) is 1.58. The zero-order valence-electron chi connectivity index (χ0n) is 5.14. The van der Waals surface area contributed by atoms with Gasteiger partial charge in [-0.3, -0.25) is 4.79 Å². The van der Waals surface area contributed by atoms with E-state index in [2.05, 4.69) is 4.98 Å². The first-order chi connectivity index (χ1) is 5.16. The molecule has 1 rings (SSSR count). The van der Waals surface area contributed by atoms with Gasteiger partial charge < -0.3 is 0 Å². The largest absolute Gasteiger partial charge is 0.298 e. The van der Waals surface area contributed by atoms with Crippen LogP contribution >= 0.6 is 45.8 Å². The van der Waals surface area contributed by atoms with E-state index in [0.717, 1.165) is 0 Å². The third-order valence-electron chi connectivity index (χ3n) is 1.08. The molecule has 0 radical (unpaired) electrons. The number of aromatic nitrogens is 1. The number of pyridine rings is 1. The molecule has 0 amide bonds. The lowest BCUT2D eigenvalue weighted by molar-refractivity contribution is 0.112. The van der Waals surface area contributed by atoms with Gasteiger partial charge in [-0.2, -0.15) is 0 Å². The maximum absolute atomic E-state index is 10.4. The lowest BCUT2D eigenvalue weighted by atomic mass is 10.3. The Morgan fingerprint density at radius 3 is 2.64 bits per heavy atom. The molecule has 58 valence electrons. The van der Waals surface area contributed by atoms with Gasteiger partial charge in [0.25, 0.3) is 0 Å². The van der Waals surface area contributed by atoms with Crippen molar-refractivity contribution in [2.45, 2.75) is 0 Å². The van der Waals surface area contributed by atoms with Crippen LogP contribution in [-0.2, 0) is 0 Å². The van der Waals surface area contributed by atoms with Gasteiger partial charge in [0.15, 0.2) is 6.29 Å². The van der Waals surface area contributed by atoms with Crippen molar-refractivity contribution in [3.05, 3.63) is 25.5 Å². The Morgan fingerprint density at radius 2 is 2.18 bits per heavy atom. The zero-order chi connectivity index (χ0) is 8.43. The highest BCUT2D eigenvalue weighted by atomic mass is 127. The number of hydrogen-bond donors (Lipinski definition) is 0. The molecule has 0 saturated heterocycles. The smallest absolute Gasteiger partial charge is 0.154 e. The fraction of sp³-hybridized carbons (Fsp3) is 0. The van der Waals surface area contributed by atoms with E-state index >= 15 is 0 Å². The minimum absolute atomic E-state index is 0.189. The third-order valence-corrected chi connectivity index (χ3v) is 3.15. The summed E-state index contributed by atoms with van der Waals surface area (Å²) in [6, 6.07) is 0. The number of nitrogens with zero attached hydrogens (tertiary/aromatic N) is 1. The SMILES string of the molecule is O=Cc1c(Cl)ncc(Cl)c1I. The normalized spacial score (nSPS) is 9.73. The zero-order valence-corrected chi connectivity index (χ0v) is 8.81. The molecule has 0 N–H and O–H groups in total. The predicted molar refractivity (Wildman–Crippen MR) is 52.4 cm³/mol. The van der Waals surface area contributed by atoms with E-state index in [9.17, 15) is 4.79 Å². The molecule has 1 aromatic heterocycles. The van der Waals surface area contributed by atoms with Crippen LogP contribution in [0.15, 0.2) is 6.20 Å². The summed E-state index contributed by atoms with van der Waals surface area (Å²) in [4.78, 5) is 14.1. The van der Waals surface area contributed by atoms with Crippen molar-refractivity contribution < 1.29 is 4.79 Å². The molecule has 2 nitrogen and oxygen atoms in total. The van der Waals surface area contributed by atoms with Crippen molar-refractivity contribution in [2.75, 3.05) is 0 Å². The molecular formula is C6H2Cl2INO. The number of aldehydes is 1. The topological polar surface area (TPSA) is 30.0 Å². The highest BCUT2D eigenvalue weighted by Crippen LogP contribution is 2.24. The number of carbonyl (C=O) groups is 1. The molecule has 0 unspecified atom stereocenters. The van der Waals surface area contributed by atoms with Gasteiger partial charge in [0.2, 0.25) is 0 Å². The van der Waals surface area contributed by atoms with Crippen LogP contribution in [-0.4, -0.2) is 11.3 Å². The van der Waals surface area contributed by atoms with Gasteiger partial charge in [-0.15, -0.1) is 0 Å². The Kier molecular flexibility index (Phi) is 3.09. The quantitative estimate of drug-likeness (QED) is 0.453. The Balaban J connectivity index is 3.40. The molecular weight excluding hydrogens is 300 g/mol. The molecule has 5 heteroatoms. The van der Waals surface area contributed by atoms with Crippen molar-refractivity contribution in [3.63, 3.8) is 0 Å². The minimum atomic E-state index is 0.189. The number of carbonyl (C=O) groups excluding carboxylic acids is 1. The summed E-state index contributed by atoms with van der Waals surface area (Å²) in [5.41, 5.74) is 0.347. The summed E-state index contributed by atoms with van der Waals surface area (Å²) in [6.45, 7) is 0. The molecule has 0 bridgehead atoms. The monoisotopic (exact) mass is 301 g/mol. The van der Waals surface area contributed by atoms with Gasteiger partial charge >= 0.3 is 0 Å². The van der Waals surface area contributed by atoms with Crippen LogP contribution in [0.3, 0.4) is 0 Å². The van der Waals surface area contributed by atoms with Gasteiger partial charge in [-0.25, -0.2) is 4.98 Å². The number of rotatable bonds is 1. The van der Waals surface area contributed by atoms with E-state index in [1.54, 1.807) is 0 Å². The molecule has 0 fully saturated rings. The molecule has 0 aromatic carbocycles. The molecule has 0 atom stereocenters. The van der Waals surface area contributed by atoms with Crippen LogP contribution < -0.4 is 0 Å². The molecule has 0 aliphatic rings. The van der Waals surface area contributed by atoms with Crippen molar-refractivity contribution in [1.82, 2.24) is 4.98 Å². The van der Waals surface area contributed by atoms with Crippen molar-refractivity contribution >= 4 is 52.1 Å². The molecule has 11 heavy (non-hydrogen) atoms. The minimum Gasteiger partial charge on any atom is -0.298 e. The van der Waals surface area contributed by atoms with Gasteiger partial charge in [0.1, 0.15) is 5.15 Å². The van der Waals surface area contributed by atoms with E-state index < -0.39 is 0 Å². The lowest BCUT2D eigenvalue weighted by Crippen LogP contribution is -1.91. The standard InChI is InChI=1S/C6H2Cl2INO/c7-4-1-10-6(8)3(2-11)5(4)9/h1-2H. The summed E-state index contributed by atoms with van der Waals surface area (Å²) in [7, 11) is 0. The molecule has 1 heterocycles. The highest BCUT2D eigenvalue weighted by molar-refractivity contribution is 14.1. The first-order valence-corrected chi connectivity index (χ1v) is 4.45. The summed E-state index contributed by atoms with van der Waals surface area (Å²) in [5, 5.41) is 0.630. The molecule has 0 saturated carbocycles. The van der Waals surface area contributed by atoms with Crippen LogP contribution in [0.2, 0.25) is 10.2 Å². The van der Waals surface area contributed by atoms with E-state index in [0.29, 0.717) is 20.4 Å². The summed E-state index contributed by atoms with van der Waals surface area (Å²) in [6.07, 6.45) is 2.06. The maximum atomic E-state index is 10.4. The van der Waals surface area contributed by atoms with Crippen LogP contribution in [0.4, 0.5) is 0 Å². The van der Waals surface area contributed by atoms with Crippen LogP contribution in [0.5, 0.6) is 0 Å². The van der Waals surface area contributed by atoms with Crippen LogP contribution in [0.1, 0.15) is 10.4 Å². The second kappa shape index (κ2) is 3.69. The average molecular weight is 302 g/mol. The van der Waals surface area contributed by atoms with Gasteiger partial charge in [0.05, 0.1) is 10.6 Å². The second-order valence-electron chi connectivity index (χ2n) is 1.74. The lowest BCUT2D eigenvalue weighted by Gasteiger charge is -1.99. The highest BCUT2D eigenvalue weighted by Gasteiger charge is 2.08. The first kappa shape index (κ1) is 9.22. The van der Waals surface area contributed by atoms with E-state index in [-0.39, 0.29) is 5.15 Å². The Hall–Kier alpha value is 0.130. The Labute approximate surface area is 87.0 Å². The van der Waals surface area contributed by atoms with Gasteiger partial charge in [-0.05, 0) is 22.6 Å². The van der Waals surface area contributed by atoms with Gasteiger partial charge in [-0.1, -0.05) is 23.2 Å². The van der Waals surface area contributed by atoms with E-state index in [1.807, 2.05) is 22.6 Å². The van der Waals surface area contributed by atoms with Crippen molar-refractivity contribution in [3.8, 4) is 0 Å². The molecule has 1 aromatic rings. The number of halogens is 3. The molecule has 0 aliphatic carbocycles. The Bertz CT molecular complexity index is 303. The molecule has 0 aliphatic heterocycles. The Morgan fingerprint density at radius 1 is 1.55 bits per heavy atom. The van der Waals surface area contributed by atoms with Crippen molar-refractivity contribution in [1.29, 1.82) is 0 Å². The van der Waals surface area contributed by atoms with Crippen molar-refractivity contribution in [2.24, 2.45) is 0 Å². The van der Waals surface area contributed by atoms with E-state index in [1.165, 1.54) is 6.20 Å². The third kappa shape index (κ3) is 1.83. The van der Waals surface area contributed by atoms with Crippen LogP contribution in [0, 0.1) is 3.57 Å². The second-order valence-corrected chi connectivity index (χ2v) is 3.59. The fourth-order valence-electron chi connectivity index (χ4n) is 0.559. The summed E-state index contributed by atoms with van der Waals surface area (Å²) in [5.74, 6) is 0. The number of hydrogen-bond acceptors (Lipinski definition) is 2. The van der Waals surface area contributed by atoms with E-state index in [4.69, 9.17) is 23.2 Å². The first-order valence-electron chi connectivity index (χ1n) is 2.61. The summed E-state index contributed by atoms with van der Waals surface area (Å²) >= 11 is 13.2. The van der Waals surface area contributed by atoms with Gasteiger partial charge in [0, 0.05) is 9.77 Å². The average Bonchev–Trinajstić information content (AvgIpc) is 1.99.